The summed E-state index contributed by atoms with van der Waals surface area (Å²) in [5.74, 6) is -0.408. The molecule has 0 aliphatic rings. The fourth-order valence-corrected chi connectivity index (χ4v) is 2.14. The molecular formula is C24H46O10. The van der Waals surface area contributed by atoms with Crippen LogP contribution in [-0.4, -0.2) is 117 Å². The summed E-state index contributed by atoms with van der Waals surface area (Å²) in [6.07, 6.45) is 0. The lowest BCUT2D eigenvalue weighted by Gasteiger charge is -2.19. The van der Waals surface area contributed by atoms with E-state index in [4.69, 9.17) is 42.6 Å². The van der Waals surface area contributed by atoms with Crippen molar-refractivity contribution in [1.29, 1.82) is 0 Å². The Labute approximate surface area is 205 Å². The zero-order valence-corrected chi connectivity index (χ0v) is 21.6. The number of esters is 1. The summed E-state index contributed by atoms with van der Waals surface area (Å²) in [7, 11) is 0. The fourth-order valence-electron chi connectivity index (χ4n) is 2.14. The van der Waals surface area contributed by atoms with Gasteiger partial charge < -0.3 is 42.6 Å². The van der Waals surface area contributed by atoms with E-state index in [2.05, 4.69) is 6.58 Å². The van der Waals surface area contributed by atoms with E-state index in [0.29, 0.717) is 105 Å². The number of hydrogen-bond donors (Lipinski definition) is 0. The third-order valence-corrected chi connectivity index (χ3v) is 3.80. The Morgan fingerprint density at radius 2 is 0.794 bits per heavy atom. The van der Waals surface area contributed by atoms with Gasteiger partial charge in [0.2, 0.25) is 0 Å². The zero-order valence-electron chi connectivity index (χ0n) is 21.6. The van der Waals surface area contributed by atoms with Crippen molar-refractivity contribution in [1.82, 2.24) is 0 Å². The maximum absolute atomic E-state index is 11.1. The Morgan fingerprint density at radius 1 is 0.529 bits per heavy atom. The van der Waals surface area contributed by atoms with Gasteiger partial charge in [-0.05, 0) is 27.7 Å². The van der Waals surface area contributed by atoms with E-state index in [0.717, 1.165) is 0 Å². The SMILES string of the molecule is C=C(C)C(=O)OCCOCCOCCOCCOCCOCCOCCOCCOC(C)(C)C. The summed E-state index contributed by atoms with van der Waals surface area (Å²) < 4.78 is 48.3. The Balaban J connectivity index is 3.09. The van der Waals surface area contributed by atoms with Crippen molar-refractivity contribution in [3.05, 3.63) is 12.2 Å². The highest BCUT2D eigenvalue weighted by Gasteiger charge is 2.08. The first-order chi connectivity index (χ1) is 16.3. The van der Waals surface area contributed by atoms with E-state index in [1.807, 2.05) is 20.8 Å². The molecule has 0 aromatic carbocycles. The summed E-state index contributed by atoms with van der Waals surface area (Å²) >= 11 is 0. The van der Waals surface area contributed by atoms with Crippen LogP contribution < -0.4 is 0 Å². The molecule has 0 bridgehead atoms. The first kappa shape index (κ1) is 32.9. The standard InChI is InChI=1S/C24H46O10/c1-22(2)23(25)33-20-18-31-16-14-29-12-10-27-8-6-26-7-9-28-11-13-30-15-17-32-19-21-34-24(3,4)5/h1,6-21H2,2-5H3. The minimum atomic E-state index is -0.408. The Morgan fingerprint density at radius 3 is 1.06 bits per heavy atom. The predicted molar refractivity (Wildman–Crippen MR) is 127 cm³/mol. The van der Waals surface area contributed by atoms with Crippen LogP contribution >= 0.6 is 0 Å². The van der Waals surface area contributed by atoms with Crippen molar-refractivity contribution in [3.8, 4) is 0 Å². The molecule has 0 N–H and O–H groups in total. The highest BCUT2D eigenvalue weighted by molar-refractivity contribution is 5.86. The molecule has 0 unspecified atom stereocenters. The molecule has 0 rings (SSSR count). The second-order valence-electron chi connectivity index (χ2n) is 8.16. The molecule has 0 atom stereocenters. The van der Waals surface area contributed by atoms with E-state index in [9.17, 15) is 4.79 Å². The fraction of sp³-hybridized carbons (Fsp3) is 0.875. The van der Waals surface area contributed by atoms with Crippen LogP contribution in [0.25, 0.3) is 0 Å². The molecular weight excluding hydrogens is 448 g/mol. The summed E-state index contributed by atoms with van der Waals surface area (Å²) in [4.78, 5) is 11.1. The van der Waals surface area contributed by atoms with E-state index < -0.39 is 5.97 Å². The Kier molecular flexibility index (Phi) is 22.9. The average Bonchev–Trinajstić information content (AvgIpc) is 2.78. The molecule has 0 aliphatic carbocycles. The summed E-state index contributed by atoms with van der Waals surface area (Å²) in [5, 5.41) is 0. The van der Waals surface area contributed by atoms with Gasteiger partial charge in [0.25, 0.3) is 0 Å². The van der Waals surface area contributed by atoms with E-state index in [1.165, 1.54) is 0 Å². The molecule has 0 amide bonds. The molecule has 0 fully saturated rings. The van der Waals surface area contributed by atoms with Crippen LogP contribution in [-0.2, 0) is 47.4 Å². The van der Waals surface area contributed by atoms with E-state index in [-0.39, 0.29) is 12.2 Å². The molecule has 0 saturated heterocycles. The minimum Gasteiger partial charge on any atom is -0.460 e. The van der Waals surface area contributed by atoms with Crippen LogP contribution in [0.2, 0.25) is 0 Å². The van der Waals surface area contributed by atoms with Gasteiger partial charge in [-0.2, -0.15) is 0 Å². The van der Waals surface area contributed by atoms with Crippen LogP contribution in [0.4, 0.5) is 0 Å². The maximum Gasteiger partial charge on any atom is 0.333 e. The van der Waals surface area contributed by atoms with Gasteiger partial charge in [0, 0.05) is 5.57 Å². The lowest BCUT2D eigenvalue weighted by Crippen LogP contribution is -2.22. The summed E-state index contributed by atoms with van der Waals surface area (Å²) in [6.45, 7) is 18.8. The van der Waals surface area contributed by atoms with Crippen LogP contribution in [0, 0.1) is 0 Å². The van der Waals surface area contributed by atoms with Gasteiger partial charge in [-0.1, -0.05) is 6.58 Å². The van der Waals surface area contributed by atoms with E-state index in [1.54, 1.807) is 6.92 Å². The molecule has 10 heteroatoms. The van der Waals surface area contributed by atoms with Crippen molar-refractivity contribution in [2.24, 2.45) is 0 Å². The average molecular weight is 495 g/mol. The van der Waals surface area contributed by atoms with Crippen molar-refractivity contribution < 1.29 is 47.4 Å². The minimum absolute atomic E-state index is 0.132. The lowest BCUT2D eigenvalue weighted by molar-refractivity contribution is -0.140. The van der Waals surface area contributed by atoms with Crippen molar-refractivity contribution in [2.75, 3.05) is 106 Å². The zero-order chi connectivity index (χ0) is 25.3. The van der Waals surface area contributed by atoms with Crippen molar-refractivity contribution in [3.63, 3.8) is 0 Å². The van der Waals surface area contributed by atoms with Crippen LogP contribution in [0.15, 0.2) is 12.2 Å². The number of hydrogen-bond acceptors (Lipinski definition) is 10. The lowest BCUT2D eigenvalue weighted by atomic mass is 10.2. The topological polar surface area (TPSA) is 100 Å². The Bertz CT molecular complexity index is 479. The second-order valence-corrected chi connectivity index (χ2v) is 8.16. The predicted octanol–water partition coefficient (Wildman–Crippen LogP) is 2.04. The van der Waals surface area contributed by atoms with Crippen LogP contribution in [0.1, 0.15) is 27.7 Å². The molecule has 202 valence electrons. The Hall–Kier alpha value is -1.11. The third-order valence-electron chi connectivity index (χ3n) is 3.80. The quantitative estimate of drug-likeness (QED) is 0.106. The van der Waals surface area contributed by atoms with Crippen LogP contribution in [0.5, 0.6) is 0 Å². The molecule has 0 aliphatic heterocycles. The normalized spacial score (nSPS) is 11.6. The molecule has 34 heavy (non-hydrogen) atoms. The van der Waals surface area contributed by atoms with Crippen molar-refractivity contribution in [2.45, 2.75) is 33.3 Å². The number of rotatable bonds is 25. The van der Waals surface area contributed by atoms with Gasteiger partial charge in [-0.15, -0.1) is 0 Å². The molecule has 0 saturated carbocycles. The third kappa shape index (κ3) is 27.1. The second kappa shape index (κ2) is 23.6. The number of carbonyl (C=O) groups excluding carboxylic acids is 1. The molecule has 0 aromatic rings. The maximum atomic E-state index is 11.1. The molecule has 0 heterocycles. The monoisotopic (exact) mass is 494 g/mol. The van der Waals surface area contributed by atoms with Gasteiger partial charge >= 0.3 is 5.97 Å². The highest BCUT2D eigenvalue weighted by atomic mass is 16.6. The number of ether oxygens (including phenoxy) is 9. The van der Waals surface area contributed by atoms with Crippen molar-refractivity contribution >= 4 is 5.97 Å². The molecule has 0 spiro atoms. The number of carbonyl (C=O) groups is 1. The summed E-state index contributed by atoms with van der Waals surface area (Å²) in [5.41, 5.74) is 0.242. The first-order valence-electron chi connectivity index (χ1n) is 11.8. The van der Waals surface area contributed by atoms with Gasteiger partial charge in [-0.3, -0.25) is 0 Å². The highest BCUT2D eigenvalue weighted by Crippen LogP contribution is 2.05. The smallest absolute Gasteiger partial charge is 0.333 e. The van der Waals surface area contributed by atoms with E-state index >= 15 is 0 Å². The molecule has 0 radical (unpaired) electrons. The van der Waals surface area contributed by atoms with Gasteiger partial charge in [0.15, 0.2) is 0 Å². The summed E-state index contributed by atoms with van der Waals surface area (Å²) in [6, 6.07) is 0. The van der Waals surface area contributed by atoms with Gasteiger partial charge in [0.1, 0.15) is 6.61 Å². The first-order valence-corrected chi connectivity index (χ1v) is 11.8. The largest absolute Gasteiger partial charge is 0.460 e. The van der Waals surface area contributed by atoms with Gasteiger partial charge in [-0.25, -0.2) is 4.79 Å². The van der Waals surface area contributed by atoms with Crippen LogP contribution in [0.3, 0.4) is 0 Å². The molecule has 0 aromatic heterocycles. The molecule has 10 nitrogen and oxygen atoms in total. The van der Waals surface area contributed by atoms with Gasteiger partial charge in [0.05, 0.1) is 105 Å².